The lowest BCUT2D eigenvalue weighted by atomic mass is 10.1. The average Bonchev–Trinajstić information content (AvgIpc) is 3.10. The number of carboxylic acids is 1. The van der Waals surface area contributed by atoms with Gasteiger partial charge in [0.25, 0.3) is 5.91 Å². The van der Waals surface area contributed by atoms with Crippen LogP contribution in [0.25, 0.3) is 0 Å². The Labute approximate surface area is 124 Å². The molecule has 1 aromatic heterocycles. The van der Waals surface area contributed by atoms with Crippen molar-refractivity contribution in [1.29, 1.82) is 0 Å². The Morgan fingerprint density at radius 3 is 2.86 bits per heavy atom. The fourth-order valence-corrected chi connectivity index (χ4v) is 2.24. The summed E-state index contributed by atoms with van der Waals surface area (Å²) in [5.74, 6) is -1.29. The van der Waals surface area contributed by atoms with Crippen LogP contribution >= 0.6 is 0 Å². The number of amides is 1. The maximum atomic E-state index is 13.1. The van der Waals surface area contributed by atoms with Gasteiger partial charge in [-0.25, -0.2) is 9.18 Å². The van der Waals surface area contributed by atoms with Gasteiger partial charge in [-0.15, -0.1) is 0 Å². The van der Waals surface area contributed by atoms with Crippen molar-refractivity contribution in [2.24, 2.45) is 0 Å². The number of halogens is 1. The first kappa shape index (κ1) is 14.1. The number of carboxylic acid groups (broad SMARTS) is 1. The molecule has 7 heteroatoms. The van der Waals surface area contributed by atoms with Crippen LogP contribution in [0.2, 0.25) is 0 Å². The van der Waals surface area contributed by atoms with E-state index < -0.39 is 12.1 Å². The summed E-state index contributed by atoms with van der Waals surface area (Å²) in [4.78, 5) is 22.7. The molecule has 0 fully saturated rings. The SMILES string of the molecule is O=C(O)c1ccc(CNC(=O)C2Cc3cc(F)ccc3O2)o1. The molecule has 1 unspecified atom stereocenters. The molecule has 0 saturated heterocycles. The topological polar surface area (TPSA) is 88.8 Å². The third kappa shape index (κ3) is 2.78. The van der Waals surface area contributed by atoms with Gasteiger partial charge in [0.05, 0.1) is 6.54 Å². The van der Waals surface area contributed by atoms with Gasteiger partial charge in [0.1, 0.15) is 17.3 Å². The second-order valence-corrected chi connectivity index (χ2v) is 4.85. The minimum atomic E-state index is -1.17. The smallest absolute Gasteiger partial charge is 0.371 e. The number of benzene rings is 1. The summed E-state index contributed by atoms with van der Waals surface area (Å²) in [7, 11) is 0. The van der Waals surface area contributed by atoms with Gasteiger partial charge in [-0.05, 0) is 30.3 Å². The molecule has 2 aromatic rings. The first-order valence-electron chi connectivity index (χ1n) is 6.58. The molecule has 1 aromatic carbocycles. The zero-order valence-electron chi connectivity index (χ0n) is 11.3. The minimum Gasteiger partial charge on any atom is -0.480 e. The first-order valence-corrected chi connectivity index (χ1v) is 6.58. The molecule has 2 N–H and O–H groups in total. The van der Waals surface area contributed by atoms with Gasteiger partial charge < -0.3 is 19.6 Å². The van der Waals surface area contributed by atoms with Gasteiger partial charge in [-0.2, -0.15) is 0 Å². The van der Waals surface area contributed by atoms with E-state index in [1.165, 1.54) is 30.3 Å². The number of ether oxygens (including phenoxy) is 1. The van der Waals surface area contributed by atoms with Gasteiger partial charge in [-0.1, -0.05) is 0 Å². The van der Waals surface area contributed by atoms with Crippen molar-refractivity contribution in [2.75, 3.05) is 0 Å². The lowest BCUT2D eigenvalue weighted by molar-refractivity contribution is -0.127. The average molecular weight is 305 g/mol. The van der Waals surface area contributed by atoms with Crippen LogP contribution in [0, 0.1) is 5.82 Å². The summed E-state index contributed by atoms with van der Waals surface area (Å²) < 4.78 is 23.6. The summed E-state index contributed by atoms with van der Waals surface area (Å²) in [6.45, 7) is 0.0523. The highest BCUT2D eigenvalue weighted by Gasteiger charge is 2.29. The summed E-state index contributed by atoms with van der Waals surface area (Å²) in [5.41, 5.74) is 0.645. The molecule has 0 spiro atoms. The molecule has 0 saturated carbocycles. The molecule has 22 heavy (non-hydrogen) atoms. The van der Waals surface area contributed by atoms with Gasteiger partial charge in [0.15, 0.2) is 6.10 Å². The monoisotopic (exact) mass is 305 g/mol. The molecule has 1 aliphatic rings. The molecule has 114 valence electrons. The molecule has 0 aliphatic carbocycles. The van der Waals surface area contributed by atoms with E-state index in [1.807, 2.05) is 0 Å². The largest absolute Gasteiger partial charge is 0.480 e. The molecule has 0 radical (unpaired) electrons. The lowest BCUT2D eigenvalue weighted by Crippen LogP contribution is -2.36. The molecule has 1 aliphatic heterocycles. The van der Waals surface area contributed by atoms with Crippen molar-refractivity contribution in [1.82, 2.24) is 5.32 Å². The van der Waals surface area contributed by atoms with Crippen LogP contribution in [-0.2, 0) is 17.8 Å². The molecular weight excluding hydrogens is 293 g/mol. The van der Waals surface area contributed by atoms with Gasteiger partial charge in [-0.3, -0.25) is 4.79 Å². The molecule has 0 bridgehead atoms. The third-order valence-corrected chi connectivity index (χ3v) is 3.30. The van der Waals surface area contributed by atoms with Crippen LogP contribution in [0.15, 0.2) is 34.7 Å². The van der Waals surface area contributed by atoms with Crippen LogP contribution in [0.4, 0.5) is 4.39 Å². The summed E-state index contributed by atoms with van der Waals surface area (Å²) in [6.07, 6.45) is -0.442. The summed E-state index contributed by atoms with van der Waals surface area (Å²) >= 11 is 0. The van der Waals surface area contributed by atoms with Gasteiger partial charge >= 0.3 is 5.97 Å². The third-order valence-electron chi connectivity index (χ3n) is 3.30. The number of hydrogen-bond donors (Lipinski definition) is 2. The van der Waals surface area contributed by atoms with Crippen molar-refractivity contribution in [3.05, 3.63) is 53.2 Å². The van der Waals surface area contributed by atoms with Crippen molar-refractivity contribution >= 4 is 11.9 Å². The van der Waals surface area contributed by atoms with Crippen molar-refractivity contribution in [2.45, 2.75) is 19.1 Å². The van der Waals surface area contributed by atoms with Crippen molar-refractivity contribution in [3.63, 3.8) is 0 Å². The van der Waals surface area contributed by atoms with Crippen LogP contribution in [0.3, 0.4) is 0 Å². The fraction of sp³-hybridized carbons (Fsp3) is 0.200. The normalized spacial score (nSPS) is 16.0. The Bertz CT molecular complexity index is 739. The number of nitrogens with one attached hydrogen (secondary N) is 1. The Hall–Kier alpha value is -2.83. The molecular formula is C15H12FNO5. The molecule has 1 amide bonds. The second kappa shape index (κ2) is 5.51. The number of aromatic carboxylic acids is 1. The standard InChI is InChI=1S/C15H12FNO5/c16-9-1-3-11-8(5-9)6-13(22-11)14(18)17-7-10-2-4-12(21-10)15(19)20/h1-5,13H,6-7H2,(H,17,18)(H,19,20). The highest BCUT2D eigenvalue weighted by atomic mass is 19.1. The summed E-state index contributed by atoms with van der Waals surface area (Å²) in [5, 5.41) is 11.3. The maximum absolute atomic E-state index is 13.1. The van der Waals surface area contributed by atoms with Crippen LogP contribution in [0.1, 0.15) is 21.9 Å². The van der Waals surface area contributed by atoms with E-state index in [0.717, 1.165) is 0 Å². The molecule has 6 nitrogen and oxygen atoms in total. The van der Waals surface area contributed by atoms with Gasteiger partial charge in [0.2, 0.25) is 5.76 Å². The van der Waals surface area contributed by atoms with Crippen LogP contribution < -0.4 is 10.1 Å². The Morgan fingerprint density at radius 2 is 2.14 bits per heavy atom. The minimum absolute atomic E-state index is 0.0523. The van der Waals surface area contributed by atoms with E-state index in [4.69, 9.17) is 14.3 Å². The predicted molar refractivity (Wildman–Crippen MR) is 72.0 cm³/mol. The molecule has 3 rings (SSSR count). The van der Waals surface area contributed by atoms with Crippen molar-refractivity contribution < 1.29 is 28.2 Å². The van der Waals surface area contributed by atoms with Crippen molar-refractivity contribution in [3.8, 4) is 5.75 Å². The zero-order chi connectivity index (χ0) is 15.7. The zero-order valence-corrected chi connectivity index (χ0v) is 11.3. The number of rotatable bonds is 4. The van der Waals surface area contributed by atoms with Crippen LogP contribution in [0.5, 0.6) is 5.75 Å². The lowest BCUT2D eigenvalue weighted by Gasteiger charge is -2.10. The highest BCUT2D eigenvalue weighted by molar-refractivity contribution is 5.84. The van der Waals surface area contributed by atoms with Crippen LogP contribution in [-0.4, -0.2) is 23.1 Å². The highest BCUT2D eigenvalue weighted by Crippen LogP contribution is 2.29. The number of carbonyl (C=O) groups excluding carboxylic acids is 1. The Kier molecular flexibility index (Phi) is 3.54. The fourth-order valence-electron chi connectivity index (χ4n) is 2.24. The molecule has 1 atom stereocenters. The Balaban J connectivity index is 1.58. The number of furan rings is 1. The number of fused-ring (bicyclic) bond motifs is 1. The van der Waals surface area contributed by atoms with E-state index in [9.17, 15) is 14.0 Å². The first-order chi connectivity index (χ1) is 10.5. The van der Waals surface area contributed by atoms with E-state index in [0.29, 0.717) is 17.1 Å². The van der Waals surface area contributed by atoms with E-state index >= 15 is 0 Å². The summed E-state index contributed by atoms with van der Waals surface area (Å²) in [6, 6.07) is 6.89. The Morgan fingerprint density at radius 1 is 1.32 bits per heavy atom. The van der Waals surface area contributed by atoms with E-state index in [1.54, 1.807) is 0 Å². The quantitative estimate of drug-likeness (QED) is 0.898. The maximum Gasteiger partial charge on any atom is 0.371 e. The predicted octanol–water partition coefficient (Wildman–Crippen LogP) is 1.74. The molecule has 2 heterocycles. The number of hydrogen-bond acceptors (Lipinski definition) is 4. The van der Waals surface area contributed by atoms with E-state index in [2.05, 4.69) is 5.32 Å². The van der Waals surface area contributed by atoms with Gasteiger partial charge in [0, 0.05) is 12.0 Å². The second-order valence-electron chi connectivity index (χ2n) is 4.85. The van der Waals surface area contributed by atoms with E-state index in [-0.39, 0.29) is 30.5 Å². The number of carbonyl (C=O) groups is 2.